The summed E-state index contributed by atoms with van der Waals surface area (Å²) in [5.74, 6) is 0.117. The number of hydrogen-bond acceptors (Lipinski definition) is 3. The molecule has 0 radical (unpaired) electrons. The molecule has 1 unspecified atom stereocenters. The minimum Gasteiger partial charge on any atom is -0.469 e. The van der Waals surface area contributed by atoms with Crippen molar-refractivity contribution in [2.45, 2.75) is 33.1 Å². The van der Waals surface area contributed by atoms with Gasteiger partial charge in [0.05, 0.1) is 13.5 Å². The van der Waals surface area contributed by atoms with Gasteiger partial charge in [-0.1, -0.05) is 12.5 Å². The number of esters is 1. The van der Waals surface area contributed by atoms with Gasteiger partial charge in [0.2, 0.25) is 0 Å². The van der Waals surface area contributed by atoms with Crippen LogP contribution in [0.5, 0.6) is 0 Å². The van der Waals surface area contributed by atoms with Crippen molar-refractivity contribution in [1.82, 2.24) is 0 Å². The van der Waals surface area contributed by atoms with Crippen molar-refractivity contribution in [3.8, 4) is 0 Å². The van der Waals surface area contributed by atoms with Crippen LogP contribution < -0.4 is 0 Å². The van der Waals surface area contributed by atoms with Gasteiger partial charge in [-0.2, -0.15) is 0 Å². The lowest BCUT2D eigenvalue weighted by Crippen LogP contribution is -2.06. The molecule has 0 fully saturated rings. The zero-order chi connectivity index (χ0) is 10.7. The highest BCUT2D eigenvalue weighted by atomic mass is 16.5. The molecule has 1 aliphatic carbocycles. The summed E-state index contributed by atoms with van der Waals surface area (Å²) >= 11 is 0. The average Bonchev–Trinajstić information content (AvgIpc) is 2.44. The molecular weight excluding hydrogens is 180 g/mol. The monoisotopic (exact) mass is 196 g/mol. The standard InChI is InChI=1S/C11H16O3/c1-4-8-5-10(12)9(7(8)2)6-11(13)14-3/h8H,4-6H2,1-3H3. The van der Waals surface area contributed by atoms with Crippen LogP contribution in [0.25, 0.3) is 0 Å². The molecule has 0 aromatic carbocycles. The Bertz CT molecular complexity index is 289. The lowest BCUT2D eigenvalue weighted by atomic mass is 9.99. The van der Waals surface area contributed by atoms with Crippen LogP contribution in [0, 0.1) is 5.92 Å². The summed E-state index contributed by atoms with van der Waals surface area (Å²) in [5.41, 5.74) is 1.74. The molecule has 1 atom stereocenters. The fourth-order valence-electron chi connectivity index (χ4n) is 1.87. The lowest BCUT2D eigenvalue weighted by Gasteiger charge is -2.06. The molecular formula is C11H16O3. The molecule has 0 saturated carbocycles. The Balaban J connectivity index is 2.79. The smallest absolute Gasteiger partial charge is 0.310 e. The van der Waals surface area contributed by atoms with Gasteiger partial charge in [0.15, 0.2) is 5.78 Å². The predicted octanol–water partition coefficient (Wildman–Crippen LogP) is 1.86. The van der Waals surface area contributed by atoms with Gasteiger partial charge in [0.1, 0.15) is 0 Å². The van der Waals surface area contributed by atoms with Gasteiger partial charge in [-0.25, -0.2) is 0 Å². The molecule has 0 aliphatic heterocycles. The third kappa shape index (κ3) is 2.03. The van der Waals surface area contributed by atoms with Crippen molar-refractivity contribution in [1.29, 1.82) is 0 Å². The van der Waals surface area contributed by atoms with E-state index in [-0.39, 0.29) is 18.2 Å². The second-order valence-corrected chi connectivity index (χ2v) is 3.65. The number of carbonyl (C=O) groups is 2. The Labute approximate surface area is 84.1 Å². The van der Waals surface area contributed by atoms with Gasteiger partial charge in [-0.15, -0.1) is 0 Å². The van der Waals surface area contributed by atoms with Gasteiger partial charge >= 0.3 is 5.97 Å². The molecule has 0 heterocycles. The summed E-state index contributed by atoms with van der Waals surface area (Å²) in [6.45, 7) is 4.00. The minimum atomic E-state index is -0.329. The van der Waals surface area contributed by atoms with E-state index in [1.807, 2.05) is 6.92 Å². The normalized spacial score (nSPS) is 21.6. The molecule has 3 nitrogen and oxygen atoms in total. The van der Waals surface area contributed by atoms with Crippen molar-refractivity contribution >= 4 is 11.8 Å². The summed E-state index contributed by atoms with van der Waals surface area (Å²) in [4.78, 5) is 22.6. The molecule has 0 bridgehead atoms. The van der Waals surface area contributed by atoms with Gasteiger partial charge in [0, 0.05) is 12.0 Å². The zero-order valence-corrected chi connectivity index (χ0v) is 8.92. The molecule has 78 valence electrons. The van der Waals surface area contributed by atoms with Crippen LogP contribution in [0.15, 0.2) is 11.1 Å². The summed E-state index contributed by atoms with van der Waals surface area (Å²) in [7, 11) is 1.34. The summed E-state index contributed by atoms with van der Waals surface area (Å²) in [5, 5.41) is 0. The summed E-state index contributed by atoms with van der Waals surface area (Å²) < 4.78 is 4.55. The Morgan fingerprint density at radius 2 is 2.21 bits per heavy atom. The number of methoxy groups -OCH3 is 1. The molecule has 0 aromatic heterocycles. The number of rotatable bonds is 3. The highest BCUT2D eigenvalue weighted by Gasteiger charge is 2.29. The van der Waals surface area contributed by atoms with E-state index in [2.05, 4.69) is 11.7 Å². The van der Waals surface area contributed by atoms with Gasteiger partial charge in [-0.05, 0) is 19.3 Å². The minimum absolute atomic E-state index is 0.111. The summed E-state index contributed by atoms with van der Waals surface area (Å²) in [6.07, 6.45) is 1.66. The highest BCUT2D eigenvalue weighted by molar-refractivity contribution is 6.02. The Morgan fingerprint density at radius 3 is 2.64 bits per heavy atom. The van der Waals surface area contributed by atoms with Crippen molar-refractivity contribution in [3.63, 3.8) is 0 Å². The molecule has 0 N–H and O–H groups in total. The van der Waals surface area contributed by atoms with Crippen LogP contribution in [0.3, 0.4) is 0 Å². The highest BCUT2D eigenvalue weighted by Crippen LogP contribution is 2.32. The Kier molecular flexibility index (Phi) is 3.44. The largest absolute Gasteiger partial charge is 0.469 e. The first kappa shape index (κ1) is 11.0. The maximum Gasteiger partial charge on any atom is 0.310 e. The maximum absolute atomic E-state index is 11.5. The number of hydrogen-bond donors (Lipinski definition) is 0. The van der Waals surface area contributed by atoms with Crippen LogP contribution in [0.4, 0.5) is 0 Å². The summed E-state index contributed by atoms with van der Waals surface area (Å²) in [6, 6.07) is 0. The van der Waals surface area contributed by atoms with Crippen molar-refractivity contribution < 1.29 is 14.3 Å². The first-order chi connectivity index (χ1) is 6.60. The second-order valence-electron chi connectivity index (χ2n) is 3.65. The Morgan fingerprint density at radius 1 is 1.57 bits per heavy atom. The van der Waals surface area contributed by atoms with E-state index in [1.54, 1.807) is 0 Å². The molecule has 0 aromatic rings. The maximum atomic E-state index is 11.5. The van der Waals surface area contributed by atoms with Crippen molar-refractivity contribution in [2.24, 2.45) is 5.92 Å². The average molecular weight is 196 g/mol. The molecule has 3 heteroatoms. The molecule has 0 spiro atoms. The number of ether oxygens (including phenoxy) is 1. The Hall–Kier alpha value is -1.12. The number of ketones is 1. The van der Waals surface area contributed by atoms with Gasteiger partial charge in [-0.3, -0.25) is 9.59 Å². The number of carbonyl (C=O) groups excluding carboxylic acids is 2. The fourth-order valence-corrected chi connectivity index (χ4v) is 1.87. The van der Waals surface area contributed by atoms with E-state index in [4.69, 9.17) is 0 Å². The van der Waals surface area contributed by atoms with Gasteiger partial charge < -0.3 is 4.74 Å². The predicted molar refractivity (Wildman–Crippen MR) is 52.7 cm³/mol. The second kappa shape index (κ2) is 4.40. The molecule has 1 aliphatic rings. The topological polar surface area (TPSA) is 43.4 Å². The van der Waals surface area contributed by atoms with Crippen LogP contribution in [-0.2, 0) is 14.3 Å². The van der Waals surface area contributed by atoms with Gasteiger partial charge in [0.25, 0.3) is 0 Å². The van der Waals surface area contributed by atoms with Crippen molar-refractivity contribution in [3.05, 3.63) is 11.1 Å². The zero-order valence-electron chi connectivity index (χ0n) is 8.92. The number of Topliss-reactive ketones (excluding diaryl/α,β-unsaturated/α-hetero) is 1. The van der Waals surface area contributed by atoms with Crippen molar-refractivity contribution in [2.75, 3.05) is 7.11 Å². The fraction of sp³-hybridized carbons (Fsp3) is 0.636. The third-order valence-corrected chi connectivity index (χ3v) is 2.90. The third-order valence-electron chi connectivity index (χ3n) is 2.90. The lowest BCUT2D eigenvalue weighted by molar-refractivity contribution is -0.140. The van der Waals surface area contributed by atoms with Crippen LogP contribution in [-0.4, -0.2) is 18.9 Å². The van der Waals surface area contributed by atoms with E-state index in [0.29, 0.717) is 17.9 Å². The van der Waals surface area contributed by atoms with E-state index in [0.717, 1.165) is 12.0 Å². The van der Waals surface area contributed by atoms with E-state index in [9.17, 15) is 9.59 Å². The van der Waals surface area contributed by atoms with E-state index >= 15 is 0 Å². The molecule has 0 amide bonds. The molecule has 14 heavy (non-hydrogen) atoms. The van der Waals surface area contributed by atoms with Crippen LogP contribution in [0.2, 0.25) is 0 Å². The first-order valence-corrected chi connectivity index (χ1v) is 4.89. The first-order valence-electron chi connectivity index (χ1n) is 4.89. The SMILES string of the molecule is CCC1CC(=O)C(CC(=O)OC)=C1C. The van der Waals surface area contributed by atoms with Crippen LogP contribution in [0.1, 0.15) is 33.1 Å². The molecule has 1 rings (SSSR count). The van der Waals surface area contributed by atoms with E-state index < -0.39 is 0 Å². The van der Waals surface area contributed by atoms with Crippen LogP contribution >= 0.6 is 0 Å². The molecule has 0 saturated heterocycles. The van der Waals surface area contributed by atoms with E-state index in [1.165, 1.54) is 7.11 Å². The number of allylic oxidation sites excluding steroid dienone is 1. The quantitative estimate of drug-likeness (QED) is 0.647.